The summed E-state index contributed by atoms with van der Waals surface area (Å²) in [5.74, 6) is 0.834. The van der Waals surface area contributed by atoms with Crippen LogP contribution in [0.4, 0.5) is 0 Å². The molecule has 0 aliphatic rings. The molecule has 27 heavy (non-hydrogen) atoms. The Morgan fingerprint density at radius 3 is 1.96 bits per heavy atom. The van der Waals surface area contributed by atoms with Crippen LogP contribution in [0.1, 0.15) is 23.1 Å². The third kappa shape index (κ3) is 5.83. The molecule has 3 rings (SSSR count). The van der Waals surface area contributed by atoms with Crippen LogP contribution in [0.3, 0.4) is 0 Å². The maximum absolute atomic E-state index is 11.4. The van der Waals surface area contributed by atoms with Crippen LogP contribution in [0.5, 0.6) is 5.75 Å². The predicted molar refractivity (Wildman–Crippen MR) is 112 cm³/mol. The van der Waals surface area contributed by atoms with E-state index in [0.29, 0.717) is 19.3 Å². The second kappa shape index (κ2) is 9.20. The Kier molecular flexibility index (Phi) is 6.45. The molecule has 3 aromatic rings. The lowest BCUT2D eigenvalue weighted by Gasteiger charge is -2.27. The highest BCUT2D eigenvalue weighted by molar-refractivity contribution is 5.51. The van der Waals surface area contributed by atoms with Crippen molar-refractivity contribution in [3.63, 3.8) is 0 Å². The highest BCUT2D eigenvalue weighted by Crippen LogP contribution is 2.24. The molecule has 0 aromatic heterocycles. The van der Waals surface area contributed by atoms with E-state index >= 15 is 0 Å². The van der Waals surface area contributed by atoms with Gasteiger partial charge in [-0.2, -0.15) is 0 Å². The molecule has 0 amide bonds. The average Bonchev–Trinajstić information content (AvgIpc) is 2.69. The van der Waals surface area contributed by atoms with Crippen molar-refractivity contribution in [2.75, 3.05) is 7.11 Å². The molecule has 3 aromatic carbocycles. The van der Waals surface area contributed by atoms with E-state index in [0.717, 1.165) is 22.4 Å². The van der Waals surface area contributed by atoms with Crippen molar-refractivity contribution in [2.24, 2.45) is 0 Å². The number of hydrogen-bond donors (Lipinski definition) is 1. The molecule has 1 N–H and O–H groups in total. The van der Waals surface area contributed by atoms with Crippen molar-refractivity contribution in [1.29, 1.82) is 0 Å². The van der Waals surface area contributed by atoms with Crippen molar-refractivity contribution in [3.05, 3.63) is 108 Å². The Morgan fingerprint density at radius 1 is 0.815 bits per heavy atom. The summed E-state index contributed by atoms with van der Waals surface area (Å²) in [6.45, 7) is 0. The summed E-state index contributed by atoms with van der Waals surface area (Å²) in [6.07, 6.45) is 5.91. The van der Waals surface area contributed by atoms with Gasteiger partial charge in [0.15, 0.2) is 0 Å². The van der Waals surface area contributed by atoms with E-state index in [2.05, 4.69) is 30.3 Å². The minimum Gasteiger partial charge on any atom is -0.497 e. The van der Waals surface area contributed by atoms with Crippen LogP contribution >= 0.6 is 0 Å². The van der Waals surface area contributed by atoms with Crippen molar-refractivity contribution >= 4 is 6.08 Å². The fourth-order valence-corrected chi connectivity index (χ4v) is 3.32. The molecule has 0 fully saturated rings. The van der Waals surface area contributed by atoms with Crippen LogP contribution in [-0.2, 0) is 12.8 Å². The molecular weight excluding hydrogens is 332 g/mol. The summed E-state index contributed by atoms with van der Waals surface area (Å²) in [4.78, 5) is 0. The fraction of sp³-hybridized carbons (Fsp3) is 0.200. The maximum atomic E-state index is 11.4. The predicted octanol–water partition coefficient (Wildman–Crippen LogP) is 5.32. The van der Waals surface area contributed by atoms with Gasteiger partial charge in [-0.15, -0.1) is 0 Å². The molecule has 0 aliphatic heterocycles. The summed E-state index contributed by atoms with van der Waals surface area (Å²) in [5.41, 5.74) is 2.52. The molecule has 0 aliphatic carbocycles. The first kappa shape index (κ1) is 18.9. The van der Waals surface area contributed by atoms with E-state index in [4.69, 9.17) is 4.74 Å². The zero-order chi connectivity index (χ0) is 19.0. The molecule has 2 nitrogen and oxygen atoms in total. The highest BCUT2D eigenvalue weighted by atomic mass is 16.5. The molecule has 0 heterocycles. The summed E-state index contributed by atoms with van der Waals surface area (Å²) in [7, 11) is 1.67. The average molecular weight is 358 g/mol. The van der Waals surface area contributed by atoms with Gasteiger partial charge in [-0.25, -0.2) is 0 Å². The lowest BCUT2D eigenvalue weighted by atomic mass is 9.85. The second-order valence-electron chi connectivity index (χ2n) is 6.93. The van der Waals surface area contributed by atoms with Crippen molar-refractivity contribution in [2.45, 2.75) is 24.9 Å². The van der Waals surface area contributed by atoms with Crippen LogP contribution in [0.15, 0.2) is 91.0 Å². The van der Waals surface area contributed by atoms with Crippen LogP contribution in [0.25, 0.3) is 6.08 Å². The Hall–Kier alpha value is -2.84. The molecule has 0 unspecified atom stereocenters. The summed E-state index contributed by atoms with van der Waals surface area (Å²) < 4.78 is 5.28. The maximum Gasteiger partial charge on any atom is 0.119 e. The molecule has 0 atom stereocenters. The molecule has 2 heteroatoms. The number of rotatable bonds is 8. The van der Waals surface area contributed by atoms with Crippen molar-refractivity contribution in [1.82, 2.24) is 0 Å². The fourth-order valence-electron chi connectivity index (χ4n) is 3.32. The SMILES string of the molecule is COc1cccc(/C=C/CC(O)(Cc2ccccc2)Cc2ccccc2)c1. The molecule has 0 bridgehead atoms. The third-order valence-corrected chi connectivity index (χ3v) is 4.65. The lowest BCUT2D eigenvalue weighted by molar-refractivity contribution is 0.0440. The molecule has 0 saturated heterocycles. The monoisotopic (exact) mass is 358 g/mol. The smallest absolute Gasteiger partial charge is 0.119 e. The van der Waals surface area contributed by atoms with Gasteiger partial charge in [0.25, 0.3) is 0 Å². The van der Waals surface area contributed by atoms with E-state index in [1.165, 1.54) is 0 Å². The Balaban J connectivity index is 1.77. The summed E-state index contributed by atoms with van der Waals surface area (Å²) in [6, 6.07) is 28.3. The van der Waals surface area contributed by atoms with Crippen LogP contribution in [0, 0.1) is 0 Å². The number of benzene rings is 3. The first-order chi connectivity index (χ1) is 13.2. The van der Waals surface area contributed by atoms with Crippen LogP contribution in [-0.4, -0.2) is 17.8 Å². The first-order valence-corrected chi connectivity index (χ1v) is 9.28. The Bertz CT molecular complexity index is 812. The first-order valence-electron chi connectivity index (χ1n) is 9.28. The van der Waals surface area contributed by atoms with Gasteiger partial charge >= 0.3 is 0 Å². The molecule has 138 valence electrons. The molecular formula is C25H26O2. The van der Waals surface area contributed by atoms with E-state index in [1.807, 2.05) is 66.7 Å². The normalized spacial score (nSPS) is 11.6. The summed E-state index contributed by atoms with van der Waals surface area (Å²) >= 11 is 0. The van der Waals surface area contributed by atoms with E-state index in [1.54, 1.807) is 7.11 Å². The number of ether oxygens (including phenoxy) is 1. The second-order valence-corrected chi connectivity index (χ2v) is 6.93. The topological polar surface area (TPSA) is 29.5 Å². The summed E-state index contributed by atoms with van der Waals surface area (Å²) in [5, 5.41) is 11.4. The zero-order valence-corrected chi connectivity index (χ0v) is 15.7. The lowest BCUT2D eigenvalue weighted by Crippen LogP contribution is -2.33. The molecule has 0 spiro atoms. The minimum absolute atomic E-state index is 0.577. The van der Waals surface area contributed by atoms with Crippen LogP contribution in [0.2, 0.25) is 0 Å². The standard InChI is InChI=1S/C25H26O2/c1-27-24-16-8-14-21(18-24)15-9-17-25(26,19-22-10-4-2-5-11-22)20-23-12-6-3-7-13-23/h2-16,18,26H,17,19-20H2,1H3/b15-9+. The number of aliphatic hydroxyl groups is 1. The third-order valence-electron chi connectivity index (χ3n) is 4.65. The van der Waals surface area contributed by atoms with Gasteiger partial charge in [0, 0.05) is 12.8 Å². The van der Waals surface area contributed by atoms with Gasteiger partial charge in [-0.1, -0.05) is 84.9 Å². The van der Waals surface area contributed by atoms with Gasteiger partial charge in [0.1, 0.15) is 5.75 Å². The van der Waals surface area contributed by atoms with Gasteiger partial charge in [0.2, 0.25) is 0 Å². The highest BCUT2D eigenvalue weighted by Gasteiger charge is 2.26. The quantitative estimate of drug-likeness (QED) is 0.591. The van der Waals surface area contributed by atoms with Crippen LogP contribution < -0.4 is 4.74 Å². The number of hydrogen-bond acceptors (Lipinski definition) is 2. The Morgan fingerprint density at radius 2 is 1.41 bits per heavy atom. The number of methoxy groups -OCH3 is 1. The van der Waals surface area contributed by atoms with Gasteiger partial charge in [0.05, 0.1) is 12.7 Å². The zero-order valence-electron chi connectivity index (χ0n) is 15.7. The van der Waals surface area contributed by atoms with E-state index in [-0.39, 0.29) is 0 Å². The van der Waals surface area contributed by atoms with Gasteiger partial charge in [-0.3, -0.25) is 0 Å². The minimum atomic E-state index is -0.835. The van der Waals surface area contributed by atoms with Gasteiger partial charge < -0.3 is 9.84 Å². The van der Waals surface area contributed by atoms with Crippen molar-refractivity contribution in [3.8, 4) is 5.75 Å². The molecule has 0 radical (unpaired) electrons. The van der Waals surface area contributed by atoms with Crippen molar-refractivity contribution < 1.29 is 9.84 Å². The largest absolute Gasteiger partial charge is 0.497 e. The molecule has 0 saturated carbocycles. The Labute approximate surface area is 161 Å². The van der Waals surface area contributed by atoms with E-state index in [9.17, 15) is 5.11 Å². The van der Waals surface area contributed by atoms with E-state index < -0.39 is 5.60 Å². The van der Waals surface area contributed by atoms with Gasteiger partial charge in [-0.05, 0) is 35.2 Å².